The van der Waals surface area contributed by atoms with Gasteiger partial charge < -0.3 is 9.63 Å². The number of rotatable bonds is 4. The fourth-order valence-electron chi connectivity index (χ4n) is 1.85. The van der Waals surface area contributed by atoms with Crippen LogP contribution in [0.5, 0.6) is 5.75 Å². The predicted octanol–water partition coefficient (Wildman–Crippen LogP) is 4.34. The molecular formula is C16H13NO2S. The summed E-state index contributed by atoms with van der Waals surface area (Å²) in [5.74, 6) is 1.76. The number of thioether (sulfide) groups is 1. The largest absolute Gasteiger partial charge is 0.508 e. The number of hydrogen-bond acceptors (Lipinski definition) is 4. The van der Waals surface area contributed by atoms with Crippen molar-refractivity contribution < 1.29 is 9.63 Å². The molecule has 0 radical (unpaired) electrons. The van der Waals surface area contributed by atoms with Crippen molar-refractivity contribution >= 4 is 11.8 Å². The zero-order chi connectivity index (χ0) is 13.8. The molecule has 1 heterocycles. The molecule has 20 heavy (non-hydrogen) atoms. The number of phenols is 1. The van der Waals surface area contributed by atoms with Crippen LogP contribution in [-0.2, 0) is 5.75 Å². The molecular weight excluding hydrogens is 270 g/mol. The van der Waals surface area contributed by atoms with Gasteiger partial charge in [-0.3, -0.25) is 0 Å². The summed E-state index contributed by atoms with van der Waals surface area (Å²) < 4.78 is 5.35. The van der Waals surface area contributed by atoms with Crippen molar-refractivity contribution in [3.8, 4) is 17.1 Å². The normalized spacial score (nSPS) is 10.6. The van der Waals surface area contributed by atoms with Gasteiger partial charge >= 0.3 is 0 Å². The molecule has 1 aromatic heterocycles. The van der Waals surface area contributed by atoms with E-state index < -0.39 is 0 Å². The lowest BCUT2D eigenvalue weighted by Crippen LogP contribution is -1.79. The highest BCUT2D eigenvalue weighted by molar-refractivity contribution is 7.98. The van der Waals surface area contributed by atoms with Gasteiger partial charge in [-0.25, -0.2) is 0 Å². The minimum atomic E-state index is 0.278. The topological polar surface area (TPSA) is 46.3 Å². The molecule has 0 aliphatic rings. The maximum atomic E-state index is 9.42. The van der Waals surface area contributed by atoms with Crippen LogP contribution in [0.15, 0.2) is 70.1 Å². The zero-order valence-electron chi connectivity index (χ0n) is 10.7. The van der Waals surface area contributed by atoms with Gasteiger partial charge in [0.2, 0.25) is 0 Å². The summed E-state index contributed by atoms with van der Waals surface area (Å²) >= 11 is 1.61. The molecule has 0 spiro atoms. The van der Waals surface area contributed by atoms with Crippen molar-refractivity contribution in [3.05, 3.63) is 66.4 Å². The molecule has 0 bridgehead atoms. The van der Waals surface area contributed by atoms with E-state index in [-0.39, 0.29) is 5.75 Å². The van der Waals surface area contributed by atoms with Crippen LogP contribution in [0, 0.1) is 0 Å². The molecule has 0 atom stereocenters. The molecule has 3 nitrogen and oxygen atoms in total. The molecule has 3 rings (SSSR count). The lowest BCUT2D eigenvalue weighted by molar-refractivity contribution is 0.426. The molecule has 1 N–H and O–H groups in total. The van der Waals surface area contributed by atoms with Crippen LogP contribution in [0.2, 0.25) is 0 Å². The Bertz CT molecular complexity index is 694. The SMILES string of the molecule is Oc1cccc(SCc2cc(-c3ccccc3)on2)c1. The van der Waals surface area contributed by atoms with Crippen molar-refractivity contribution in [2.45, 2.75) is 10.6 Å². The second-order valence-corrected chi connectivity index (χ2v) is 5.38. The minimum absolute atomic E-state index is 0.278. The van der Waals surface area contributed by atoms with Crippen LogP contribution in [0.1, 0.15) is 5.69 Å². The van der Waals surface area contributed by atoms with Crippen LogP contribution in [-0.4, -0.2) is 10.3 Å². The van der Waals surface area contributed by atoms with Gasteiger partial charge in [-0.1, -0.05) is 41.6 Å². The van der Waals surface area contributed by atoms with Gasteiger partial charge in [0.1, 0.15) is 5.75 Å². The molecule has 0 saturated heterocycles. The summed E-state index contributed by atoms with van der Waals surface area (Å²) in [6, 6.07) is 19.0. The fourth-order valence-corrected chi connectivity index (χ4v) is 2.68. The second kappa shape index (κ2) is 5.84. The van der Waals surface area contributed by atoms with Crippen molar-refractivity contribution in [2.24, 2.45) is 0 Å². The maximum Gasteiger partial charge on any atom is 0.167 e. The molecule has 0 aliphatic heterocycles. The van der Waals surface area contributed by atoms with Gasteiger partial charge in [-0.2, -0.15) is 0 Å². The van der Waals surface area contributed by atoms with Gasteiger partial charge in [0, 0.05) is 22.3 Å². The van der Waals surface area contributed by atoms with Crippen LogP contribution in [0.3, 0.4) is 0 Å². The van der Waals surface area contributed by atoms with E-state index in [1.54, 1.807) is 23.9 Å². The van der Waals surface area contributed by atoms with E-state index in [4.69, 9.17) is 4.52 Å². The molecule has 2 aromatic carbocycles. The first-order valence-electron chi connectivity index (χ1n) is 6.24. The number of nitrogens with zero attached hydrogens (tertiary/aromatic N) is 1. The number of aromatic nitrogens is 1. The number of aromatic hydroxyl groups is 1. The molecule has 0 aliphatic carbocycles. The number of hydrogen-bond donors (Lipinski definition) is 1. The van der Waals surface area contributed by atoms with Crippen LogP contribution in [0.25, 0.3) is 11.3 Å². The second-order valence-electron chi connectivity index (χ2n) is 4.33. The summed E-state index contributed by atoms with van der Waals surface area (Å²) in [6.45, 7) is 0. The average Bonchev–Trinajstić information content (AvgIpc) is 2.95. The summed E-state index contributed by atoms with van der Waals surface area (Å²) in [4.78, 5) is 1.01. The Hall–Kier alpha value is -2.20. The third kappa shape index (κ3) is 3.03. The average molecular weight is 283 g/mol. The van der Waals surface area contributed by atoms with Gasteiger partial charge in [-0.15, -0.1) is 11.8 Å². The molecule has 0 amide bonds. The minimum Gasteiger partial charge on any atom is -0.508 e. The first-order valence-corrected chi connectivity index (χ1v) is 7.23. The lowest BCUT2D eigenvalue weighted by Gasteiger charge is -1.99. The zero-order valence-corrected chi connectivity index (χ0v) is 11.5. The van der Waals surface area contributed by atoms with Gasteiger partial charge in [0.05, 0.1) is 5.69 Å². The quantitative estimate of drug-likeness (QED) is 0.723. The summed E-state index contributed by atoms with van der Waals surface area (Å²) in [7, 11) is 0. The van der Waals surface area contributed by atoms with Crippen LogP contribution >= 0.6 is 11.8 Å². The standard InChI is InChI=1S/C16H13NO2S/c18-14-7-4-8-15(10-14)20-11-13-9-16(19-17-13)12-5-2-1-3-6-12/h1-10,18H,11H2. The van der Waals surface area contributed by atoms with Crippen LogP contribution in [0.4, 0.5) is 0 Å². The molecule has 100 valence electrons. The van der Waals surface area contributed by atoms with Crippen molar-refractivity contribution in [3.63, 3.8) is 0 Å². The summed E-state index contributed by atoms with van der Waals surface area (Å²) in [6.07, 6.45) is 0. The van der Waals surface area contributed by atoms with E-state index in [1.807, 2.05) is 48.5 Å². The number of phenolic OH excluding ortho intramolecular Hbond substituents is 1. The summed E-state index contributed by atoms with van der Waals surface area (Å²) in [5.41, 5.74) is 1.91. The van der Waals surface area contributed by atoms with Gasteiger partial charge in [0.15, 0.2) is 5.76 Å². The Labute approximate surface area is 121 Å². The van der Waals surface area contributed by atoms with E-state index in [0.717, 1.165) is 21.9 Å². The molecule has 0 unspecified atom stereocenters. The first kappa shape index (κ1) is 12.8. The maximum absolute atomic E-state index is 9.42. The molecule has 0 saturated carbocycles. The Balaban J connectivity index is 1.69. The molecule has 4 heteroatoms. The third-order valence-corrected chi connectivity index (χ3v) is 3.85. The van der Waals surface area contributed by atoms with E-state index in [0.29, 0.717) is 5.75 Å². The van der Waals surface area contributed by atoms with E-state index >= 15 is 0 Å². The van der Waals surface area contributed by atoms with Crippen molar-refractivity contribution in [2.75, 3.05) is 0 Å². The highest BCUT2D eigenvalue weighted by Gasteiger charge is 2.06. The van der Waals surface area contributed by atoms with Crippen molar-refractivity contribution in [1.82, 2.24) is 5.16 Å². The van der Waals surface area contributed by atoms with E-state index in [9.17, 15) is 5.11 Å². The Morgan fingerprint density at radius 3 is 2.65 bits per heavy atom. The summed E-state index contributed by atoms with van der Waals surface area (Å²) in [5, 5.41) is 13.5. The monoisotopic (exact) mass is 283 g/mol. The fraction of sp³-hybridized carbons (Fsp3) is 0.0625. The first-order chi connectivity index (χ1) is 9.81. The third-order valence-electron chi connectivity index (χ3n) is 2.82. The highest BCUT2D eigenvalue weighted by atomic mass is 32.2. The Morgan fingerprint density at radius 2 is 1.85 bits per heavy atom. The van der Waals surface area contributed by atoms with Gasteiger partial charge in [-0.05, 0) is 18.2 Å². The van der Waals surface area contributed by atoms with E-state index in [1.165, 1.54) is 0 Å². The smallest absolute Gasteiger partial charge is 0.167 e. The van der Waals surface area contributed by atoms with Gasteiger partial charge in [0.25, 0.3) is 0 Å². The Kier molecular flexibility index (Phi) is 3.74. The van der Waals surface area contributed by atoms with E-state index in [2.05, 4.69) is 5.16 Å². The predicted molar refractivity (Wildman–Crippen MR) is 79.6 cm³/mol. The van der Waals surface area contributed by atoms with Crippen molar-refractivity contribution in [1.29, 1.82) is 0 Å². The van der Waals surface area contributed by atoms with Crippen LogP contribution < -0.4 is 0 Å². The lowest BCUT2D eigenvalue weighted by atomic mass is 10.2. The highest BCUT2D eigenvalue weighted by Crippen LogP contribution is 2.27. The molecule has 3 aromatic rings. The number of benzene rings is 2. The Morgan fingerprint density at radius 1 is 1.00 bits per heavy atom. The molecule has 0 fully saturated rings.